The Morgan fingerprint density at radius 3 is 2.62 bits per heavy atom. The summed E-state index contributed by atoms with van der Waals surface area (Å²) in [6.07, 6.45) is 4.99. The van der Waals surface area contributed by atoms with Gasteiger partial charge in [0.05, 0.1) is 5.56 Å². The fourth-order valence-electron chi connectivity index (χ4n) is 2.17. The summed E-state index contributed by atoms with van der Waals surface area (Å²) < 4.78 is 5.22. The van der Waals surface area contributed by atoms with Gasteiger partial charge in [0.2, 0.25) is 0 Å². The highest BCUT2D eigenvalue weighted by Crippen LogP contribution is 2.11. The molecule has 3 N–H and O–H groups in total. The van der Waals surface area contributed by atoms with Crippen molar-refractivity contribution in [3.63, 3.8) is 0 Å². The SMILES string of the molecule is CCCC[C@@H](CC)CNCCOC(=O)c1ccc(N)cc1. The summed E-state index contributed by atoms with van der Waals surface area (Å²) >= 11 is 0. The maximum atomic E-state index is 11.8. The largest absolute Gasteiger partial charge is 0.461 e. The van der Waals surface area contributed by atoms with Gasteiger partial charge < -0.3 is 15.8 Å². The molecule has 0 aromatic heterocycles. The number of esters is 1. The van der Waals surface area contributed by atoms with E-state index in [2.05, 4.69) is 19.2 Å². The second-order valence-corrected chi connectivity index (χ2v) is 5.38. The lowest BCUT2D eigenvalue weighted by atomic mass is 9.99. The van der Waals surface area contributed by atoms with E-state index in [-0.39, 0.29) is 5.97 Å². The third-order valence-electron chi connectivity index (χ3n) is 3.63. The number of unbranched alkanes of at least 4 members (excludes halogenated alkanes) is 1. The van der Waals surface area contributed by atoms with Crippen LogP contribution in [0.4, 0.5) is 5.69 Å². The van der Waals surface area contributed by atoms with Crippen molar-refractivity contribution in [2.24, 2.45) is 5.92 Å². The standard InChI is InChI=1S/C17H28N2O2/c1-3-5-6-14(4-2)13-19-11-12-21-17(20)15-7-9-16(18)10-8-15/h7-10,14,19H,3-6,11-13,18H2,1-2H3/t14-/m1/s1. The van der Waals surface area contributed by atoms with E-state index in [9.17, 15) is 4.79 Å². The van der Waals surface area contributed by atoms with E-state index >= 15 is 0 Å². The summed E-state index contributed by atoms with van der Waals surface area (Å²) in [4.78, 5) is 11.8. The van der Waals surface area contributed by atoms with Crippen LogP contribution in [0.15, 0.2) is 24.3 Å². The van der Waals surface area contributed by atoms with Crippen LogP contribution in [0.2, 0.25) is 0 Å². The molecule has 0 unspecified atom stereocenters. The zero-order valence-corrected chi connectivity index (χ0v) is 13.2. The zero-order chi connectivity index (χ0) is 15.5. The average Bonchev–Trinajstić information content (AvgIpc) is 2.50. The molecule has 1 atom stereocenters. The number of carbonyl (C=O) groups is 1. The third kappa shape index (κ3) is 7.14. The number of nitrogens with one attached hydrogen (secondary N) is 1. The number of carbonyl (C=O) groups excluding carboxylic acids is 1. The molecule has 118 valence electrons. The first-order valence-corrected chi connectivity index (χ1v) is 7.90. The van der Waals surface area contributed by atoms with Crippen molar-refractivity contribution in [3.8, 4) is 0 Å². The lowest BCUT2D eigenvalue weighted by Gasteiger charge is -2.15. The minimum Gasteiger partial charge on any atom is -0.461 e. The van der Waals surface area contributed by atoms with Crippen LogP contribution in [0, 0.1) is 5.92 Å². The van der Waals surface area contributed by atoms with E-state index in [1.165, 1.54) is 25.7 Å². The smallest absolute Gasteiger partial charge is 0.338 e. The van der Waals surface area contributed by atoms with Crippen LogP contribution in [0.5, 0.6) is 0 Å². The van der Waals surface area contributed by atoms with Crippen LogP contribution in [0.1, 0.15) is 49.9 Å². The van der Waals surface area contributed by atoms with Gasteiger partial charge in [0, 0.05) is 12.2 Å². The van der Waals surface area contributed by atoms with Crippen molar-refractivity contribution in [3.05, 3.63) is 29.8 Å². The summed E-state index contributed by atoms with van der Waals surface area (Å²) in [6, 6.07) is 6.77. The van der Waals surface area contributed by atoms with E-state index in [0.29, 0.717) is 24.4 Å². The molecule has 0 saturated heterocycles. The molecule has 1 aromatic rings. The summed E-state index contributed by atoms with van der Waals surface area (Å²) in [5.74, 6) is 0.424. The Bertz CT molecular complexity index is 404. The van der Waals surface area contributed by atoms with Crippen LogP contribution < -0.4 is 11.1 Å². The van der Waals surface area contributed by atoms with Crippen LogP contribution in [-0.4, -0.2) is 25.7 Å². The number of hydrogen-bond acceptors (Lipinski definition) is 4. The van der Waals surface area contributed by atoms with Crippen LogP contribution in [0.25, 0.3) is 0 Å². The molecular formula is C17H28N2O2. The molecule has 0 spiro atoms. The van der Waals surface area contributed by atoms with Gasteiger partial charge in [-0.1, -0.05) is 33.1 Å². The van der Waals surface area contributed by atoms with Gasteiger partial charge in [0.1, 0.15) is 6.61 Å². The average molecular weight is 292 g/mol. The maximum Gasteiger partial charge on any atom is 0.338 e. The first-order chi connectivity index (χ1) is 10.2. The van der Waals surface area contributed by atoms with Crippen molar-refractivity contribution < 1.29 is 9.53 Å². The number of benzene rings is 1. The molecule has 0 bridgehead atoms. The van der Waals surface area contributed by atoms with Gasteiger partial charge in [-0.05, 0) is 43.1 Å². The Morgan fingerprint density at radius 1 is 1.29 bits per heavy atom. The Hall–Kier alpha value is -1.55. The highest BCUT2D eigenvalue weighted by molar-refractivity contribution is 5.89. The first kappa shape index (κ1) is 17.5. The summed E-state index contributed by atoms with van der Waals surface area (Å²) in [7, 11) is 0. The molecule has 0 heterocycles. The van der Waals surface area contributed by atoms with Crippen molar-refractivity contribution in [2.45, 2.75) is 39.5 Å². The third-order valence-corrected chi connectivity index (χ3v) is 3.63. The number of hydrogen-bond donors (Lipinski definition) is 2. The van der Waals surface area contributed by atoms with Crippen LogP contribution in [0.3, 0.4) is 0 Å². The van der Waals surface area contributed by atoms with E-state index in [0.717, 1.165) is 12.5 Å². The van der Waals surface area contributed by atoms with Crippen molar-refractivity contribution in [1.82, 2.24) is 5.32 Å². The Kier molecular flexibility index (Phi) is 8.51. The molecule has 1 rings (SSSR count). The quantitative estimate of drug-likeness (QED) is 0.395. The highest BCUT2D eigenvalue weighted by Gasteiger charge is 2.07. The van der Waals surface area contributed by atoms with Gasteiger partial charge in [-0.15, -0.1) is 0 Å². The maximum absolute atomic E-state index is 11.8. The van der Waals surface area contributed by atoms with Gasteiger partial charge in [0.15, 0.2) is 0 Å². The summed E-state index contributed by atoms with van der Waals surface area (Å²) in [5.41, 5.74) is 6.77. The van der Waals surface area contributed by atoms with E-state index in [1.807, 2.05) is 0 Å². The van der Waals surface area contributed by atoms with E-state index in [4.69, 9.17) is 10.5 Å². The van der Waals surface area contributed by atoms with Gasteiger partial charge >= 0.3 is 5.97 Å². The van der Waals surface area contributed by atoms with Crippen molar-refractivity contribution in [2.75, 3.05) is 25.4 Å². The summed E-state index contributed by atoms with van der Waals surface area (Å²) in [5, 5.41) is 3.36. The monoisotopic (exact) mass is 292 g/mol. The predicted octanol–water partition coefficient (Wildman–Crippen LogP) is 3.23. The van der Waals surface area contributed by atoms with E-state index in [1.54, 1.807) is 24.3 Å². The molecule has 4 heteroatoms. The van der Waals surface area contributed by atoms with Crippen molar-refractivity contribution in [1.29, 1.82) is 0 Å². The molecule has 0 aliphatic rings. The second-order valence-electron chi connectivity index (χ2n) is 5.38. The number of ether oxygens (including phenoxy) is 1. The molecule has 21 heavy (non-hydrogen) atoms. The van der Waals surface area contributed by atoms with Crippen molar-refractivity contribution >= 4 is 11.7 Å². The molecule has 0 aliphatic heterocycles. The van der Waals surface area contributed by atoms with Gasteiger partial charge in [-0.2, -0.15) is 0 Å². The van der Waals surface area contributed by atoms with Crippen LogP contribution >= 0.6 is 0 Å². The number of rotatable bonds is 10. The van der Waals surface area contributed by atoms with Crippen LogP contribution in [-0.2, 0) is 4.74 Å². The lowest BCUT2D eigenvalue weighted by molar-refractivity contribution is 0.0507. The normalized spacial score (nSPS) is 12.1. The molecule has 1 aromatic carbocycles. The molecule has 0 radical (unpaired) electrons. The Labute approximate surface area is 128 Å². The Balaban J connectivity index is 2.15. The lowest BCUT2D eigenvalue weighted by Crippen LogP contribution is -2.27. The molecular weight excluding hydrogens is 264 g/mol. The topological polar surface area (TPSA) is 64.3 Å². The minimum absolute atomic E-state index is 0.296. The summed E-state index contributed by atoms with van der Waals surface area (Å²) in [6.45, 7) is 6.53. The number of nitrogens with two attached hydrogens (primary N) is 1. The van der Waals surface area contributed by atoms with E-state index < -0.39 is 0 Å². The zero-order valence-electron chi connectivity index (χ0n) is 13.2. The fourth-order valence-corrected chi connectivity index (χ4v) is 2.17. The second kappa shape index (κ2) is 10.2. The van der Waals surface area contributed by atoms with Gasteiger partial charge in [-0.25, -0.2) is 4.79 Å². The number of anilines is 1. The fraction of sp³-hybridized carbons (Fsp3) is 0.588. The molecule has 4 nitrogen and oxygen atoms in total. The number of nitrogen functional groups attached to an aromatic ring is 1. The highest BCUT2D eigenvalue weighted by atomic mass is 16.5. The minimum atomic E-state index is -0.296. The van der Waals surface area contributed by atoms with Gasteiger partial charge in [-0.3, -0.25) is 0 Å². The molecule has 0 saturated carbocycles. The predicted molar refractivity (Wildman–Crippen MR) is 87.3 cm³/mol. The first-order valence-electron chi connectivity index (χ1n) is 7.90. The molecule has 0 amide bonds. The molecule has 0 aliphatic carbocycles. The van der Waals surface area contributed by atoms with Gasteiger partial charge in [0.25, 0.3) is 0 Å². The molecule has 0 fully saturated rings. The Morgan fingerprint density at radius 2 is 2.00 bits per heavy atom.